The predicted molar refractivity (Wildman–Crippen MR) is 128 cm³/mol. The molecule has 0 radical (unpaired) electrons. The van der Waals surface area contributed by atoms with Gasteiger partial charge in [-0.25, -0.2) is 4.98 Å². The third-order valence-corrected chi connectivity index (χ3v) is 5.65. The highest BCUT2D eigenvalue weighted by molar-refractivity contribution is 6.29. The molecule has 0 bridgehead atoms. The minimum atomic E-state index is -0.0783. The molecule has 9 heteroatoms. The molecule has 0 saturated carbocycles. The number of nitrogens with one attached hydrogen (secondary N) is 1. The SMILES string of the molecule is Cc1cc2c(cn1)cc(-c1cc(Nc3noc(-c4ccc(Cl)nc4)n3)ccc1C)c(=O)n2C. The van der Waals surface area contributed by atoms with E-state index in [1.54, 1.807) is 36.1 Å². The molecule has 0 fully saturated rings. The highest BCUT2D eigenvalue weighted by Gasteiger charge is 2.14. The Labute approximate surface area is 193 Å². The molecule has 0 spiro atoms. The first kappa shape index (κ1) is 20.8. The average molecular weight is 459 g/mol. The number of halogens is 1. The molecule has 1 aromatic carbocycles. The standard InChI is InChI=1S/C24H19ClN6O2/c1-13-4-6-17(28-24-29-22(33-30-24)15-5-7-21(25)27-11-15)10-18(13)19-9-16-12-26-14(2)8-20(16)31(3)23(19)32/h4-12H,1-3H3,(H,28,30). The largest absolute Gasteiger partial charge is 0.332 e. The number of aryl methyl sites for hydroxylation is 3. The molecule has 0 atom stereocenters. The Morgan fingerprint density at radius 3 is 2.64 bits per heavy atom. The van der Waals surface area contributed by atoms with Crippen molar-refractivity contribution in [3.63, 3.8) is 0 Å². The van der Waals surface area contributed by atoms with Gasteiger partial charge in [0.25, 0.3) is 17.4 Å². The first-order valence-corrected chi connectivity index (χ1v) is 10.6. The molecule has 0 aliphatic heterocycles. The van der Waals surface area contributed by atoms with E-state index in [1.165, 1.54) is 0 Å². The summed E-state index contributed by atoms with van der Waals surface area (Å²) in [6.07, 6.45) is 3.35. The Kier molecular flexibility index (Phi) is 5.14. The molecule has 0 aliphatic carbocycles. The van der Waals surface area contributed by atoms with Gasteiger partial charge >= 0.3 is 0 Å². The lowest BCUT2D eigenvalue weighted by atomic mass is 9.99. The van der Waals surface area contributed by atoms with Crippen LogP contribution in [0, 0.1) is 13.8 Å². The van der Waals surface area contributed by atoms with Crippen LogP contribution in [0.5, 0.6) is 0 Å². The van der Waals surface area contributed by atoms with Crippen molar-refractivity contribution < 1.29 is 4.52 Å². The topological polar surface area (TPSA) is 98.7 Å². The molecule has 0 amide bonds. The molecule has 0 unspecified atom stereocenters. The Balaban J connectivity index is 1.51. The third kappa shape index (κ3) is 3.96. The van der Waals surface area contributed by atoms with Gasteiger partial charge in [-0.1, -0.05) is 17.7 Å². The van der Waals surface area contributed by atoms with Crippen molar-refractivity contribution >= 4 is 34.1 Å². The van der Waals surface area contributed by atoms with Gasteiger partial charge in [0.15, 0.2) is 0 Å². The number of pyridine rings is 3. The van der Waals surface area contributed by atoms with Crippen molar-refractivity contribution in [2.75, 3.05) is 5.32 Å². The summed E-state index contributed by atoms with van der Waals surface area (Å²) in [5.41, 5.74) is 5.39. The van der Waals surface area contributed by atoms with E-state index in [0.29, 0.717) is 28.1 Å². The number of hydrogen-bond acceptors (Lipinski definition) is 7. The van der Waals surface area contributed by atoms with Crippen molar-refractivity contribution in [2.45, 2.75) is 13.8 Å². The van der Waals surface area contributed by atoms with Crippen LogP contribution in [0.2, 0.25) is 5.15 Å². The smallest absolute Gasteiger partial charge is 0.268 e. The fraction of sp³-hybridized carbons (Fsp3) is 0.125. The molecule has 164 valence electrons. The molecule has 1 N–H and O–H groups in total. The maximum absolute atomic E-state index is 13.2. The van der Waals surface area contributed by atoms with E-state index in [4.69, 9.17) is 16.1 Å². The van der Waals surface area contributed by atoms with E-state index in [2.05, 4.69) is 25.4 Å². The molecule has 5 rings (SSSR count). The number of fused-ring (bicyclic) bond motifs is 1. The lowest BCUT2D eigenvalue weighted by Gasteiger charge is -2.12. The van der Waals surface area contributed by atoms with E-state index >= 15 is 0 Å². The fourth-order valence-corrected chi connectivity index (χ4v) is 3.78. The average Bonchev–Trinajstić information content (AvgIpc) is 3.27. The van der Waals surface area contributed by atoms with Crippen LogP contribution in [-0.4, -0.2) is 24.7 Å². The highest BCUT2D eigenvalue weighted by Crippen LogP contribution is 2.28. The molecule has 0 saturated heterocycles. The summed E-state index contributed by atoms with van der Waals surface area (Å²) in [5.74, 6) is 0.612. The third-order valence-electron chi connectivity index (χ3n) is 5.43. The zero-order valence-electron chi connectivity index (χ0n) is 18.1. The second kappa shape index (κ2) is 8.14. The van der Waals surface area contributed by atoms with Crippen LogP contribution in [0.3, 0.4) is 0 Å². The monoisotopic (exact) mass is 458 g/mol. The van der Waals surface area contributed by atoms with Crippen LogP contribution in [0.4, 0.5) is 11.6 Å². The second-order valence-electron chi connectivity index (χ2n) is 7.75. The lowest BCUT2D eigenvalue weighted by molar-refractivity contribution is 0.432. The molecule has 8 nitrogen and oxygen atoms in total. The summed E-state index contributed by atoms with van der Waals surface area (Å²) < 4.78 is 6.98. The van der Waals surface area contributed by atoms with Crippen LogP contribution >= 0.6 is 11.6 Å². The van der Waals surface area contributed by atoms with Gasteiger partial charge in [-0.2, -0.15) is 4.98 Å². The van der Waals surface area contributed by atoms with E-state index in [-0.39, 0.29) is 5.56 Å². The Hall–Kier alpha value is -4.04. The number of aromatic nitrogens is 5. The summed E-state index contributed by atoms with van der Waals surface area (Å²) in [6.45, 7) is 3.88. The first-order valence-electron chi connectivity index (χ1n) is 10.2. The number of benzene rings is 1. The first-order chi connectivity index (χ1) is 15.9. The normalized spacial score (nSPS) is 11.2. The van der Waals surface area contributed by atoms with Crippen molar-refractivity contribution in [3.05, 3.63) is 81.6 Å². The van der Waals surface area contributed by atoms with Gasteiger partial charge in [0.2, 0.25) is 0 Å². The molecular formula is C24H19ClN6O2. The van der Waals surface area contributed by atoms with E-state index in [0.717, 1.165) is 33.4 Å². The van der Waals surface area contributed by atoms with Crippen molar-refractivity contribution in [3.8, 4) is 22.6 Å². The van der Waals surface area contributed by atoms with E-state index in [1.807, 2.05) is 44.2 Å². The molecule has 0 aliphatic rings. The van der Waals surface area contributed by atoms with Crippen LogP contribution in [-0.2, 0) is 7.05 Å². The Bertz CT molecular complexity index is 1560. The summed E-state index contributed by atoms with van der Waals surface area (Å²) >= 11 is 5.83. The second-order valence-corrected chi connectivity index (χ2v) is 8.14. The van der Waals surface area contributed by atoms with E-state index in [9.17, 15) is 4.79 Å². The zero-order valence-corrected chi connectivity index (χ0v) is 18.9. The maximum atomic E-state index is 13.2. The summed E-state index contributed by atoms with van der Waals surface area (Å²) in [4.78, 5) is 25.9. The van der Waals surface area contributed by atoms with Gasteiger partial charge in [-0.3, -0.25) is 9.78 Å². The fourth-order valence-electron chi connectivity index (χ4n) is 3.67. The van der Waals surface area contributed by atoms with Gasteiger partial charge in [-0.05, 0) is 66.5 Å². The number of rotatable bonds is 4. The van der Waals surface area contributed by atoms with Crippen molar-refractivity contribution in [1.82, 2.24) is 24.7 Å². The van der Waals surface area contributed by atoms with Crippen LogP contribution in [0.1, 0.15) is 11.3 Å². The Morgan fingerprint density at radius 1 is 1.00 bits per heavy atom. The summed E-state index contributed by atoms with van der Waals surface area (Å²) in [7, 11) is 1.78. The van der Waals surface area contributed by atoms with Gasteiger partial charge < -0.3 is 14.4 Å². The van der Waals surface area contributed by atoms with Gasteiger partial charge in [-0.15, -0.1) is 0 Å². The van der Waals surface area contributed by atoms with Crippen molar-refractivity contribution in [1.29, 1.82) is 0 Å². The lowest BCUT2D eigenvalue weighted by Crippen LogP contribution is -2.19. The molecule has 4 aromatic heterocycles. The number of nitrogens with zero attached hydrogens (tertiary/aromatic N) is 5. The molecular weight excluding hydrogens is 440 g/mol. The maximum Gasteiger partial charge on any atom is 0.268 e. The van der Waals surface area contributed by atoms with Crippen LogP contribution in [0.25, 0.3) is 33.5 Å². The van der Waals surface area contributed by atoms with Gasteiger partial charge in [0.05, 0.1) is 11.1 Å². The minimum absolute atomic E-state index is 0.0783. The van der Waals surface area contributed by atoms with Crippen molar-refractivity contribution in [2.24, 2.45) is 7.05 Å². The van der Waals surface area contributed by atoms with E-state index < -0.39 is 0 Å². The Morgan fingerprint density at radius 2 is 1.85 bits per heavy atom. The summed E-state index contributed by atoms with van der Waals surface area (Å²) in [6, 6.07) is 12.9. The zero-order chi connectivity index (χ0) is 23.1. The molecule has 5 aromatic rings. The predicted octanol–water partition coefficient (Wildman–Crippen LogP) is 5.06. The minimum Gasteiger partial charge on any atom is -0.332 e. The van der Waals surface area contributed by atoms with Gasteiger partial charge in [0, 0.05) is 41.8 Å². The summed E-state index contributed by atoms with van der Waals surface area (Å²) in [5, 5.41) is 8.40. The number of anilines is 2. The van der Waals surface area contributed by atoms with Crippen LogP contribution in [0.15, 0.2) is 64.2 Å². The highest BCUT2D eigenvalue weighted by atomic mass is 35.5. The quantitative estimate of drug-likeness (QED) is 0.376. The van der Waals surface area contributed by atoms with Gasteiger partial charge in [0.1, 0.15) is 5.15 Å². The molecule has 4 heterocycles. The number of hydrogen-bond donors (Lipinski definition) is 1. The van der Waals surface area contributed by atoms with Crippen LogP contribution < -0.4 is 10.9 Å². The molecule has 33 heavy (non-hydrogen) atoms.